The fourth-order valence-corrected chi connectivity index (χ4v) is 2.40. The number of benzene rings is 1. The Hall–Kier alpha value is -0.730. The zero-order valence-electron chi connectivity index (χ0n) is 9.45. The number of nitrogens with zero attached hydrogens (tertiary/aromatic N) is 1. The van der Waals surface area contributed by atoms with Crippen molar-refractivity contribution in [3.63, 3.8) is 0 Å². The number of halogens is 1. The van der Waals surface area contributed by atoms with Gasteiger partial charge in [0.2, 0.25) is 0 Å². The summed E-state index contributed by atoms with van der Waals surface area (Å²) in [6.07, 6.45) is 5.30. The Kier molecular flexibility index (Phi) is 4.08. The Balaban J connectivity index is 1.99. The molecular formula is C13H18ClNO. The second-order valence-corrected chi connectivity index (χ2v) is 4.88. The molecule has 1 aliphatic rings. The monoisotopic (exact) mass is 239 g/mol. The third-order valence-electron chi connectivity index (χ3n) is 3.12. The summed E-state index contributed by atoms with van der Waals surface area (Å²) >= 11 is 5.90. The molecule has 0 saturated carbocycles. The van der Waals surface area contributed by atoms with E-state index in [0.717, 1.165) is 6.54 Å². The summed E-state index contributed by atoms with van der Waals surface area (Å²) in [7, 11) is 0. The molecule has 1 aromatic carbocycles. The molecule has 0 radical (unpaired) electrons. The van der Waals surface area contributed by atoms with Crippen molar-refractivity contribution in [2.75, 3.05) is 13.1 Å². The van der Waals surface area contributed by atoms with Crippen LogP contribution in [0.3, 0.4) is 0 Å². The van der Waals surface area contributed by atoms with Gasteiger partial charge in [-0.2, -0.15) is 0 Å². The van der Waals surface area contributed by atoms with Crippen LogP contribution in [0, 0.1) is 0 Å². The molecule has 1 aromatic rings. The molecule has 0 aromatic heterocycles. The first-order chi connectivity index (χ1) is 7.75. The molecule has 16 heavy (non-hydrogen) atoms. The van der Waals surface area contributed by atoms with E-state index in [1.54, 1.807) is 6.07 Å². The zero-order valence-corrected chi connectivity index (χ0v) is 10.2. The van der Waals surface area contributed by atoms with Gasteiger partial charge in [0.1, 0.15) is 5.75 Å². The van der Waals surface area contributed by atoms with Gasteiger partial charge in [0.05, 0.1) is 5.02 Å². The van der Waals surface area contributed by atoms with E-state index >= 15 is 0 Å². The number of phenolic OH excluding ortho intramolecular Hbond substituents is 1. The first-order valence-electron chi connectivity index (χ1n) is 5.95. The van der Waals surface area contributed by atoms with E-state index in [9.17, 15) is 5.11 Å². The minimum atomic E-state index is 0.168. The standard InChI is InChI=1S/C13H18ClNO/c14-12-9-11(5-6-13(12)16)10-15-7-3-1-2-4-8-15/h5-6,9,16H,1-4,7-8,10H2. The predicted molar refractivity (Wildman–Crippen MR) is 66.9 cm³/mol. The average molecular weight is 240 g/mol. The Morgan fingerprint density at radius 3 is 2.44 bits per heavy atom. The summed E-state index contributed by atoms with van der Waals surface area (Å²) < 4.78 is 0. The van der Waals surface area contributed by atoms with Gasteiger partial charge in [-0.1, -0.05) is 30.5 Å². The van der Waals surface area contributed by atoms with Crippen molar-refractivity contribution in [2.24, 2.45) is 0 Å². The number of likely N-dealkylation sites (tertiary alicyclic amines) is 1. The summed E-state index contributed by atoms with van der Waals surface area (Å²) in [6, 6.07) is 5.49. The van der Waals surface area contributed by atoms with Gasteiger partial charge in [-0.3, -0.25) is 4.90 Å². The van der Waals surface area contributed by atoms with Gasteiger partial charge in [0, 0.05) is 6.54 Å². The quantitative estimate of drug-likeness (QED) is 0.855. The number of phenols is 1. The van der Waals surface area contributed by atoms with Crippen molar-refractivity contribution in [3.8, 4) is 5.75 Å². The van der Waals surface area contributed by atoms with Crippen molar-refractivity contribution in [1.82, 2.24) is 4.90 Å². The van der Waals surface area contributed by atoms with Gasteiger partial charge in [-0.25, -0.2) is 0 Å². The maximum Gasteiger partial charge on any atom is 0.134 e. The molecule has 2 nitrogen and oxygen atoms in total. The highest BCUT2D eigenvalue weighted by Crippen LogP contribution is 2.24. The summed E-state index contributed by atoms with van der Waals surface area (Å²) in [5, 5.41) is 9.80. The van der Waals surface area contributed by atoms with E-state index in [1.165, 1.54) is 44.3 Å². The van der Waals surface area contributed by atoms with Crippen molar-refractivity contribution >= 4 is 11.6 Å². The molecule has 0 amide bonds. The average Bonchev–Trinajstić information content (AvgIpc) is 2.52. The molecule has 1 N–H and O–H groups in total. The molecule has 1 fully saturated rings. The molecule has 88 valence electrons. The SMILES string of the molecule is Oc1ccc(CN2CCCCCC2)cc1Cl. The van der Waals surface area contributed by atoms with Crippen LogP contribution in [0.1, 0.15) is 31.2 Å². The van der Waals surface area contributed by atoms with Crippen LogP contribution >= 0.6 is 11.6 Å². The highest BCUT2D eigenvalue weighted by Gasteiger charge is 2.10. The van der Waals surface area contributed by atoms with Crippen LogP contribution in [-0.4, -0.2) is 23.1 Å². The fraction of sp³-hybridized carbons (Fsp3) is 0.538. The van der Waals surface area contributed by atoms with Crippen LogP contribution in [0.25, 0.3) is 0 Å². The largest absolute Gasteiger partial charge is 0.506 e. The van der Waals surface area contributed by atoms with E-state index in [-0.39, 0.29) is 5.75 Å². The number of rotatable bonds is 2. The third kappa shape index (κ3) is 3.13. The lowest BCUT2D eigenvalue weighted by Crippen LogP contribution is -2.23. The molecule has 0 bridgehead atoms. The van der Waals surface area contributed by atoms with Crippen LogP contribution in [0.15, 0.2) is 18.2 Å². The van der Waals surface area contributed by atoms with Gasteiger partial charge in [0.15, 0.2) is 0 Å². The summed E-state index contributed by atoms with van der Waals surface area (Å²) in [4.78, 5) is 2.47. The Morgan fingerprint density at radius 2 is 1.81 bits per heavy atom. The summed E-state index contributed by atoms with van der Waals surface area (Å²) in [5.41, 5.74) is 1.18. The van der Waals surface area contributed by atoms with Crippen LogP contribution < -0.4 is 0 Å². The van der Waals surface area contributed by atoms with Gasteiger partial charge in [-0.15, -0.1) is 0 Å². The maximum absolute atomic E-state index is 9.35. The Morgan fingerprint density at radius 1 is 1.12 bits per heavy atom. The van der Waals surface area contributed by atoms with Crippen LogP contribution in [0.4, 0.5) is 0 Å². The first kappa shape index (κ1) is 11.7. The Bertz CT molecular complexity index is 346. The topological polar surface area (TPSA) is 23.5 Å². The first-order valence-corrected chi connectivity index (χ1v) is 6.33. The molecule has 1 aliphatic heterocycles. The smallest absolute Gasteiger partial charge is 0.134 e. The van der Waals surface area contributed by atoms with Gasteiger partial charge in [0.25, 0.3) is 0 Å². The lowest BCUT2D eigenvalue weighted by atomic mass is 10.2. The van der Waals surface area contributed by atoms with E-state index in [0.29, 0.717) is 5.02 Å². The highest BCUT2D eigenvalue weighted by atomic mass is 35.5. The Labute approximate surface area is 102 Å². The molecule has 2 rings (SSSR count). The van der Waals surface area contributed by atoms with Crippen LogP contribution in [-0.2, 0) is 6.54 Å². The van der Waals surface area contributed by atoms with E-state index in [2.05, 4.69) is 4.90 Å². The fourth-order valence-electron chi connectivity index (χ4n) is 2.20. The molecule has 0 atom stereocenters. The zero-order chi connectivity index (χ0) is 11.4. The number of aromatic hydroxyl groups is 1. The molecule has 1 saturated heterocycles. The van der Waals surface area contributed by atoms with Crippen molar-refractivity contribution in [2.45, 2.75) is 32.2 Å². The van der Waals surface area contributed by atoms with Crippen LogP contribution in [0.2, 0.25) is 5.02 Å². The highest BCUT2D eigenvalue weighted by molar-refractivity contribution is 6.32. The lowest BCUT2D eigenvalue weighted by molar-refractivity contribution is 0.277. The minimum Gasteiger partial charge on any atom is -0.506 e. The maximum atomic E-state index is 9.35. The van der Waals surface area contributed by atoms with E-state index < -0.39 is 0 Å². The van der Waals surface area contributed by atoms with Crippen molar-refractivity contribution in [3.05, 3.63) is 28.8 Å². The van der Waals surface area contributed by atoms with E-state index in [4.69, 9.17) is 11.6 Å². The molecule has 0 unspecified atom stereocenters. The molecular weight excluding hydrogens is 222 g/mol. The van der Waals surface area contributed by atoms with E-state index in [1.807, 2.05) is 12.1 Å². The van der Waals surface area contributed by atoms with Gasteiger partial charge < -0.3 is 5.11 Å². The van der Waals surface area contributed by atoms with Crippen LogP contribution in [0.5, 0.6) is 5.75 Å². The second kappa shape index (κ2) is 5.55. The third-order valence-corrected chi connectivity index (χ3v) is 3.42. The van der Waals surface area contributed by atoms with Gasteiger partial charge >= 0.3 is 0 Å². The summed E-state index contributed by atoms with van der Waals surface area (Å²) in [5.74, 6) is 0.168. The molecule has 1 heterocycles. The lowest BCUT2D eigenvalue weighted by Gasteiger charge is -2.19. The molecule has 0 aliphatic carbocycles. The van der Waals surface area contributed by atoms with Crippen molar-refractivity contribution < 1.29 is 5.11 Å². The number of hydrogen-bond acceptors (Lipinski definition) is 2. The summed E-state index contributed by atoms with van der Waals surface area (Å²) in [6.45, 7) is 3.30. The van der Waals surface area contributed by atoms with Gasteiger partial charge in [-0.05, 0) is 43.6 Å². The predicted octanol–water partition coefficient (Wildman–Crippen LogP) is 3.42. The molecule has 3 heteroatoms. The number of hydrogen-bond donors (Lipinski definition) is 1. The minimum absolute atomic E-state index is 0.168. The normalized spacial score (nSPS) is 18.3. The second-order valence-electron chi connectivity index (χ2n) is 4.48. The molecule has 0 spiro atoms. The van der Waals surface area contributed by atoms with Crippen molar-refractivity contribution in [1.29, 1.82) is 0 Å².